The monoisotopic (exact) mass is 302 g/mol. The average molecular weight is 302 g/mol. The van der Waals surface area contributed by atoms with Gasteiger partial charge in [0.15, 0.2) is 0 Å². The van der Waals surface area contributed by atoms with Crippen molar-refractivity contribution in [3.63, 3.8) is 0 Å². The number of hydrogen-bond donors (Lipinski definition) is 2. The van der Waals surface area contributed by atoms with Crippen molar-refractivity contribution < 1.29 is 8.42 Å². The van der Waals surface area contributed by atoms with Gasteiger partial charge < -0.3 is 5.32 Å². The van der Waals surface area contributed by atoms with Crippen molar-refractivity contribution in [1.29, 1.82) is 0 Å². The molecule has 0 spiro atoms. The van der Waals surface area contributed by atoms with Crippen LogP contribution in [0.3, 0.4) is 0 Å². The highest BCUT2D eigenvalue weighted by molar-refractivity contribution is 7.89. The molecule has 0 aliphatic heterocycles. The number of sulfonamides is 1. The summed E-state index contributed by atoms with van der Waals surface area (Å²) in [7, 11) is -3.33. The number of rotatable bonds is 7. The van der Waals surface area contributed by atoms with Crippen molar-refractivity contribution in [2.24, 2.45) is 5.92 Å². The Labute approximate surface area is 119 Å². The molecule has 1 aromatic heterocycles. The molecule has 1 fully saturated rings. The van der Waals surface area contributed by atoms with Gasteiger partial charge in [0.05, 0.1) is 4.90 Å². The largest absolute Gasteiger partial charge is 0.310 e. The van der Waals surface area contributed by atoms with Crippen molar-refractivity contribution in [2.75, 3.05) is 6.54 Å². The minimum absolute atomic E-state index is 0.399. The molecular weight excluding hydrogens is 280 g/mol. The molecule has 108 valence electrons. The fourth-order valence-electron chi connectivity index (χ4n) is 1.81. The van der Waals surface area contributed by atoms with Gasteiger partial charge in [0.2, 0.25) is 10.0 Å². The van der Waals surface area contributed by atoms with Gasteiger partial charge in [-0.2, -0.15) is 0 Å². The summed E-state index contributed by atoms with van der Waals surface area (Å²) in [4.78, 5) is 2.38. The summed E-state index contributed by atoms with van der Waals surface area (Å²) in [6.45, 7) is 7.33. The first-order valence-electron chi connectivity index (χ1n) is 6.71. The van der Waals surface area contributed by atoms with Crippen LogP contribution in [0, 0.1) is 12.8 Å². The van der Waals surface area contributed by atoms with E-state index in [0.717, 1.165) is 29.1 Å². The van der Waals surface area contributed by atoms with Gasteiger partial charge in [0.25, 0.3) is 0 Å². The Hall–Kier alpha value is -0.430. The molecule has 2 N–H and O–H groups in total. The number of aryl methyl sites for hydroxylation is 1. The Kier molecular flexibility index (Phi) is 4.66. The first-order valence-corrected chi connectivity index (χ1v) is 9.01. The summed E-state index contributed by atoms with van der Waals surface area (Å²) in [5, 5.41) is 3.31. The van der Waals surface area contributed by atoms with Crippen LogP contribution in [-0.2, 0) is 16.6 Å². The van der Waals surface area contributed by atoms with E-state index in [1.807, 2.05) is 6.92 Å². The van der Waals surface area contributed by atoms with E-state index in [0.29, 0.717) is 23.4 Å². The molecule has 4 nitrogen and oxygen atoms in total. The highest BCUT2D eigenvalue weighted by atomic mass is 32.2. The van der Waals surface area contributed by atoms with E-state index in [9.17, 15) is 8.42 Å². The van der Waals surface area contributed by atoms with Crippen molar-refractivity contribution in [3.8, 4) is 0 Å². The average Bonchev–Trinajstić information content (AvgIpc) is 3.07. The lowest BCUT2D eigenvalue weighted by Gasteiger charge is -2.05. The van der Waals surface area contributed by atoms with Crippen LogP contribution in [0.2, 0.25) is 0 Å². The Balaban J connectivity index is 2.05. The van der Waals surface area contributed by atoms with Crippen LogP contribution < -0.4 is 10.0 Å². The minimum Gasteiger partial charge on any atom is -0.310 e. The summed E-state index contributed by atoms with van der Waals surface area (Å²) in [5.74, 6) is 0.552. The molecule has 0 unspecified atom stereocenters. The maximum Gasteiger partial charge on any atom is 0.241 e. The molecule has 0 radical (unpaired) electrons. The lowest BCUT2D eigenvalue weighted by molar-refractivity contribution is 0.576. The van der Waals surface area contributed by atoms with Gasteiger partial charge in [-0.15, -0.1) is 11.3 Å². The third kappa shape index (κ3) is 4.27. The predicted molar refractivity (Wildman–Crippen MR) is 78.9 cm³/mol. The van der Waals surface area contributed by atoms with Crippen LogP contribution in [0.4, 0.5) is 0 Å². The van der Waals surface area contributed by atoms with Crippen molar-refractivity contribution in [2.45, 2.75) is 51.1 Å². The second-order valence-corrected chi connectivity index (χ2v) is 8.54. The lowest BCUT2D eigenvalue weighted by Crippen LogP contribution is -2.26. The molecule has 1 saturated carbocycles. The van der Waals surface area contributed by atoms with E-state index in [4.69, 9.17) is 0 Å². The molecule has 1 aromatic rings. The molecule has 2 rings (SSSR count). The summed E-state index contributed by atoms with van der Waals surface area (Å²) in [5.41, 5.74) is 0. The van der Waals surface area contributed by atoms with Gasteiger partial charge in [0.1, 0.15) is 0 Å². The van der Waals surface area contributed by atoms with E-state index in [1.165, 1.54) is 0 Å². The molecule has 0 bridgehead atoms. The quantitative estimate of drug-likeness (QED) is 0.812. The Morgan fingerprint density at radius 3 is 2.68 bits per heavy atom. The molecule has 0 amide bonds. The summed E-state index contributed by atoms with van der Waals surface area (Å²) in [6.07, 6.45) is 2.30. The van der Waals surface area contributed by atoms with Gasteiger partial charge in [-0.1, -0.05) is 13.8 Å². The Morgan fingerprint density at radius 1 is 1.42 bits per heavy atom. The standard InChI is InChI=1S/C13H22N2O2S2/c1-9(2)14-8-12-6-13(10(3)18-12)19(16,17)15-7-11-4-5-11/h6,9,11,14-15H,4-5,7-8H2,1-3H3. The molecule has 0 atom stereocenters. The molecule has 0 saturated heterocycles. The van der Waals surface area contributed by atoms with Crippen molar-refractivity contribution in [1.82, 2.24) is 10.0 Å². The zero-order valence-electron chi connectivity index (χ0n) is 11.7. The smallest absolute Gasteiger partial charge is 0.241 e. The minimum atomic E-state index is -3.33. The zero-order valence-corrected chi connectivity index (χ0v) is 13.3. The number of hydrogen-bond acceptors (Lipinski definition) is 4. The molecule has 6 heteroatoms. The summed E-state index contributed by atoms with van der Waals surface area (Å²) >= 11 is 1.55. The van der Waals surface area contributed by atoms with E-state index >= 15 is 0 Å². The third-order valence-electron chi connectivity index (χ3n) is 3.16. The van der Waals surface area contributed by atoms with E-state index < -0.39 is 10.0 Å². The third-order valence-corrected chi connectivity index (χ3v) is 5.89. The predicted octanol–water partition coefficient (Wildman–Crippen LogP) is 2.24. The van der Waals surface area contributed by atoms with Gasteiger partial charge >= 0.3 is 0 Å². The fraction of sp³-hybridized carbons (Fsp3) is 0.692. The van der Waals surface area contributed by atoms with Crippen LogP contribution in [0.25, 0.3) is 0 Å². The normalized spacial score (nSPS) is 16.2. The van der Waals surface area contributed by atoms with E-state index in [-0.39, 0.29) is 0 Å². The summed E-state index contributed by atoms with van der Waals surface area (Å²) < 4.78 is 27.1. The van der Waals surface area contributed by atoms with Gasteiger partial charge in [-0.05, 0) is 31.7 Å². The Morgan fingerprint density at radius 2 is 2.11 bits per heavy atom. The SMILES string of the molecule is Cc1sc(CNC(C)C)cc1S(=O)(=O)NCC1CC1. The molecule has 19 heavy (non-hydrogen) atoms. The molecular formula is C13H22N2O2S2. The highest BCUT2D eigenvalue weighted by Gasteiger charge is 2.25. The van der Waals surface area contributed by atoms with Gasteiger partial charge in [-0.3, -0.25) is 0 Å². The van der Waals surface area contributed by atoms with Crippen LogP contribution in [0.1, 0.15) is 36.4 Å². The van der Waals surface area contributed by atoms with Gasteiger partial charge in [0, 0.05) is 28.9 Å². The number of thiophene rings is 1. The lowest BCUT2D eigenvalue weighted by atomic mass is 10.3. The first-order chi connectivity index (χ1) is 8.88. The van der Waals surface area contributed by atoms with Crippen LogP contribution in [0.5, 0.6) is 0 Å². The molecule has 1 heterocycles. The molecule has 1 aliphatic rings. The molecule has 0 aromatic carbocycles. The van der Waals surface area contributed by atoms with Crippen molar-refractivity contribution in [3.05, 3.63) is 15.8 Å². The second kappa shape index (κ2) is 5.91. The van der Waals surface area contributed by atoms with E-state index in [2.05, 4.69) is 23.9 Å². The van der Waals surface area contributed by atoms with Crippen LogP contribution in [0.15, 0.2) is 11.0 Å². The van der Waals surface area contributed by atoms with Crippen LogP contribution in [-0.4, -0.2) is 21.0 Å². The molecule has 1 aliphatic carbocycles. The highest BCUT2D eigenvalue weighted by Crippen LogP contribution is 2.29. The first kappa shape index (κ1) is 15.0. The van der Waals surface area contributed by atoms with Crippen LogP contribution >= 0.6 is 11.3 Å². The maximum atomic E-state index is 12.2. The topological polar surface area (TPSA) is 58.2 Å². The van der Waals surface area contributed by atoms with Crippen molar-refractivity contribution >= 4 is 21.4 Å². The number of nitrogens with one attached hydrogen (secondary N) is 2. The fourth-order valence-corrected chi connectivity index (χ4v) is 4.51. The second-order valence-electron chi connectivity index (χ2n) is 5.46. The van der Waals surface area contributed by atoms with Gasteiger partial charge in [-0.25, -0.2) is 13.1 Å². The Bertz CT molecular complexity index is 531. The zero-order chi connectivity index (χ0) is 14.0. The summed E-state index contributed by atoms with van der Waals surface area (Å²) in [6, 6.07) is 2.19. The maximum absolute atomic E-state index is 12.2. The van der Waals surface area contributed by atoms with E-state index in [1.54, 1.807) is 17.4 Å².